The van der Waals surface area contributed by atoms with Gasteiger partial charge in [-0.3, -0.25) is 9.69 Å². The van der Waals surface area contributed by atoms with Crippen LogP contribution in [-0.4, -0.2) is 36.1 Å². The number of carbonyl (C=O) groups excluding carboxylic acids is 1. The zero-order valence-electron chi connectivity index (χ0n) is 12.8. The number of rotatable bonds is 1. The van der Waals surface area contributed by atoms with Crippen molar-refractivity contribution in [3.05, 3.63) is 0 Å². The first-order valence-electron chi connectivity index (χ1n) is 8.67. The highest BCUT2D eigenvalue weighted by Crippen LogP contribution is 2.55. The van der Waals surface area contributed by atoms with Gasteiger partial charge in [0, 0.05) is 17.9 Å². The summed E-state index contributed by atoms with van der Waals surface area (Å²) in [6, 6.07) is 0.751. The standard InChI is InChI=1S/C17H27NO2/c1-3-11-12-6-4-5-8-18-9-7-13(15(12)18)14-10(2)17(19)20-16(11)14/h10-16H,3-9H2,1-2H3/t10-,11+,12+,13-,14+,15-,16-/m0/s1. The van der Waals surface area contributed by atoms with Crippen molar-refractivity contribution >= 4 is 5.97 Å². The summed E-state index contributed by atoms with van der Waals surface area (Å²) in [4.78, 5) is 14.9. The number of carbonyl (C=O) groups is 1. The summed E-state index contributed by atoms with van der Waals surface area (Å²) < 4.78 is 5.86. The van der Waals surface area contributed by atoms with Crippen LogP contribution in [0.5, 0.6) is 0 Å². The Balaban J connectivity index is 1.74. The highest BCUT2D eigenvalue weighted by Gasteiger charge is 2.60. The van der Waals surface area contributed by atoms with E-state index in [0.717, 1.165) is 12.0 Å². The maximum atomic E-state index is 12.1. The number of ether oxygens (including phenoxy) is 1. The number of hydrogen-bond donors (Lipinski definition) is 0. The second kappa shape index (κ2) is 4.72. The number of esters is 1. The Morgan fingerprint density at radius 2 is 2.05 bits per heavy atom. The van der Waals surface area contributed by atoms with Crippen LogP contribution < -0.4 is 0 Å². The molecular weight excluding hydrogens is 250 g/mol. The zero-order valence-corrected chi connectivity index (χ0v) is 12.8. The Kier molecular flexibility index (Phi) is 3.10. The van der Waals surface area contributed by atoms with Gasteiger partial charge >= 0.3 is 5.97 Å². The molecule has 3 heterocycles. The van der Waals surface area contributed by atoms with Gasteiger partial charge in [0.2, 0.25) is 0 Å². The summed E-state index contributed by atoms with van der Waals surface area (Å²) in [5, 5.41) is 0. The van der Waals surface area contributed by atoms with E-state index in [-0.39, 0.29) is 18.0 Å². The van der Waals surface area contributed by atoms with Crippen molar-refractivity contribution in [2.75, 3.05) is 13.1 Å². The highest BCUT2D eigenvalue weighted by molar-refractivity contribution is 5.75. The van der Waals surface area contributed by atoms with Crippen LogP contribution in [0.3, 0.4) is 0 Å². The first-order valence-corrected chi connectivity index (χ1v) is 8.67. The van der Waals surface area contributed by atoms with Gasteiger partial charge in [0.1, 0.15) is 6.10 Å². The number of hydrogen-bond acceptors (Lipinski definition) is 3. The average Bonchev–Trinajstić information content (AvgIpc) is 2.89. The molecule has 0 aromatic heterocycles. The molecule has 0 amide bonds. The van der Waals surface area contributed by atoms with Gasteiger partial charge in [-0.25, -0.2) is 0 Å². The molecule has 4 fully saturated rings. The molecule has 0 unspecified atom stereocenters. The van der Waals surface area contributed by atoms with Crippen LogP contribution in [0.2, 0.25) is 0 Å². The molecule has 7 atom stereocenters. The van der Waals surface area contributed by atoms with E-state index in [4.69, 9.17) is 4.74 Å². The minimum Gasteiger partial charge on any atom is -0.462 e. The lowest BCUT2D eigenvalue weighted by atomic mass is 9.60. The fourth-order valence-electron chi connectivity index (χ4n) is 6.04. The molecule has 1 aliphatic carbocycles. The van der Waals surface area contributed by atoms with Crippen molar-refractivity contribution in [2.45, 2.75) is 58.1 Å². The third-order valence-corrected chi connectivity index (χ3v) is 6.80. The van der Waals surface area contributed by atoms with Gasteiger partial charge in [-0.1, -0.05) is 20.3 Å². The first-order chi connectivity index (χ1) is 9.72. The summed E-state index contributed by atoms with van der Waals surface area (Å²) >= 11 is 0. The predicted octanol–water partition coefficient (Wildman–Crippen LogP) is 2.69. The molecule has 0 bridgehead atoms. The molecule has 0 aromatic rings. The van der Waals surface area contributed by atoms with Crippen LogP contribution in [0, 0.1) is 29.6 Å². The SMILES string of the molecule is CC[C@@H]1[C@H]2CCCCN3CC[C@@H]([C@@H]4[C@H]1OC(=O)[C@H]4C)[C@H]23. The van der Waals surface area contributed by atoms with E-state index in [9.17, 15) is 4.79 Å². The van der Waals surface area contributed by atoms with Gasteiger partial charge in [0.05, 0.1) is 5.92 Å². The Morgan fingerprint density at radius 1 is 1.20 bits per heavy atom. The van der Waals surface area contributed by atoms with Gasteiger partial charge in [-0.15, -0.1) is 0 Å². The molecule has 3 aliphatic heterocycles. The van der Waals surface area contributed by atoms with Crippen LogP contribution in [0.4, 0.5) is 0 Å². The Labute approximate surface area is 122 Å². The van der Waals surface area contributed by atoms with Gasteiger partial charge in [-0.2, -0.15) is 0 Å². The molecule has 0 aromatic carbocycles. The predicted molar refractivity (Wildman–Crippen MR) is 77.1 cm³/mol. The van der Waals surface area contributed by atoms with E-state index in [1.165, 1.54) is 45.2 Å². The summed E-state index contributed by atoms with van der Waals surface area (Å²) in [6.07, 6.45) is 6.77. The summed E-state index contributed by atoms with van der Waals surface area (Å²) in [7, 11) is 0. The molecule has 20 heavy (non-hydrogen) atoms. The van der Waals surface area contributed by atoms with E-state index < -0.39 is 0 Å². The second-order valence-electron chi connectivity index (χ2n) is 7.48. The van der Waals surface area contributed by atoms with Gasteiger partial charge in [-0.05, 0) is 50.6 Å². The van der Waals surface area contributed by atoms with Crippen molar-refractivity contribution in [3.63, 3.8) is 0 Å². The van der Waals surface area contributed by atoms with Crippen LogP contribution in [0.1, 0.15) is 46.0 Å². The largest absolute Gasteiger partial charge is 0.462 e. The summed E-state index contributed by atoms with van der Waals surface area (Å²) in [5.74, 6) is 2.80. The molecule has 4 rings (SSSR count). The molecule has 3 saturated heterocycles. The smallest absolute Gasteiger partial charge is 0.309 e. The summed E-state index contributed by atoms with van der Waals surface area (Å²) in [6.45, 7) is 6.95. The molecule has 4 aliphatic rings. The third-order valence-electron chi connectivity index (χ3n) is 6.80. The van der Waals surface area contributed by atoms with E-state index in [0.29, 0.717) is 17.8 Å². The zero-order chi connectivity index (χ0) is 13.9. The lowest BCUT2D eigenvalue weighted by Gasteiger charge is -2.48. The Bertz CT molecular complexity index is 410. The fraction of sp³-hybridized carbons (Fsp3) is 0.941. The van der Waals surface area contributed by atoms with E-state index in [1.54, 1.807) is 0 Å². The molecule has 1 saturated carbocycles. The van der Waals surface area contributed by atoms with Crippen molar-refractivity contribution in [2.24, 2.45) is 29.6 Å². The van der Waals surface area contributed by atoms with Crippen LogP contribution in [-0.2, 0) is 9.53 Å². The lowest BCUT2D eigenvalue weighted by Crippen LogP contribution is -2.53. The minimum absolute atomic E-state index is 0.0772. The third kappa shape index (κ3) is 1.65. The van der Waals surface area contributed by atoms with Gasteiger partial charge in [0.15, 0.2) is 0 Å². The Hall–Kier alpha value is -0.570. The lowest BCUT2D eigenvalue weighted by molar-refractivity contribution is -0.148. The maximum Gasteiger partial charge on any atom is 0.309 e. The van der Waals surface area contributed by atoms with Gasteiger partial charge in [0.25, 0.3) is 0 Å². The second-order valence-corrected chi connectivity index (χ2v) is 7.48. The maximum absolute atomic E-state index is 12.1. The van der Waals surface area contributed by atoms with Crippen molar-refractivity contribution < 1.29 is 9.53 Å². The molecule has 112 valence electrons. The van der Waals surface area contributed by atoms with Crippen LogP contribution in [0.25, 0.3) is 0 Å². The topological polar surface area (TPSA) is 29.5 Å². The van der Waals surface area contributed by atoms with Crippen molar-refractivity contribution in [1.29, 1.82) is 0 Å². The Morgan fingerprint density at radius 3 is 2.85 bits per heavy atom. The fourth-order valence-corrected chi connectivity index (χ4v) is 6.04. The summed E-state index contributed by atoms with van der Waals surface area (Å²) in [5.41, 5.74) is 0. The quantitative estimate of drug-likeness (QED) is 0.690. The molecular formula is C17H27NO2. The van der Waals surface area contributed by atoms with E-state index in [1.807, 2.05) is 0 Å². The highest BCUT2D eigenvalue weighted by atomic mass is 16.6. The monoisotopic (exact) mass is 277 g/mol. The number of nitrogens with zero attached hydrogens (tertiary/aromatic N) is 1. The van der Waals surface area contributed by atoms with E-state index >= 15 is 0 Å². The minimum atomic E-state index is 0.0772. The van der Waals surface area contributed by atoms with Crippen molar-refractivity contribution in [3.8, 4) is 0 Å². The molecule has 0 N–H and O–H groups in total. The van der Waals surface area contributed by atoms with Gasteiger partial charge < -0.3 is 4.74 Å². The number of fused-ring (bicyclic) bond motifs is 2. The normalized spacial score (nSPS) is 51.3. The van der Waals surface area contributed by atoms with Crippen LogP contribution in [0.15, 0.2) is 0 Å². The first kappa shape index (κ1) is 13.1. The van der Waals surface area contributed by atoms with Crippen LogP contribution >= 0.6 is 0 Å². The average molecular weight is 277 g/mol. The van der Waals surface area contributed by atoms with Crippen molar-refractivity contribution in [1.82, 2.24) is 4.90 Å². The van der Waals surface area contributed by atoms with E-state index in [2.05, 4.69) is 18.7 Å². The molecule has 3 nitrogen and oxygen atoms in total. The molecule has 0 spiro atoms. The molecule has 3 heteroatoms. The molecule has 0 radical (unpaired) electrons.